The van der Waals surface area contributed by atoms with Crippen LogP contribution in [0.4, 0.5) is 13.2 Å². The molecule has 1 rings (SSSR count). The lowest BCUT2D eigenvalue weighted by Crippen LogP contribution is -2.20. The van der Waals surface area contributed by atoms with E-state index in [2.05, 4.69) is 0 Å². The minimum atomic E-state index is -5.01. The highest BCUT2D eigenvalue weighted by Crippen LogP contribution is 2.19. The van der Waals surface area contributed by atoms with E-state index < -0.39 is 17.7 Å². The third kappa shape index (κ3) is 3.34. The summed E-state index contributed by atoms with van der Waals surface area (Å²) in [7, 11) is 0. The van der Waals surface area contributed by atoms with Crippen LogP contribution >= 0.6 is 0 Å². The minimum Gasteiger partial charge on any atom is -0.507 e. The molecule has 0 saturated carbocycles. The van der Waals surface area contributed by atoms with Crippen LogP contribution in [0.5, 0.6) is 0 Å². The van der Waals surface area contributed by atoms with E-state index in [1.54, 1.807) is 0 Å². The molecule has 0 bridgehead atoms. The van der Waals surface area contributed by atoms with E-state index in [9.17, 15) is 23.1 Å². The first kappa shape index (κ1) is 12.8. The number of nitrogens with zero attached hydrogens (tertiary/aromatic N) is 1. The molecule has 0 fully saturated rings. The predicted molar refractivity (Wildman–Crippen MR) is 52.8 cm³/mol. The number of ketones is 1. The Morgan fingerprint density at radius 1 is 1.29 bits per heavy atom. The summed E-state index contributed by atoms with van der Waals surface area (Å²) >= 11 is 0. The molecule has 17 heavy (non-hydrogen) atoms. The SMILES string of the molecule is N#Cc1ccc(C(O)=CC(=O)C(F)(F)F)cc1. The fourth-order valence-corrected chi connectivity index (χ4v) is 1.00. The fraction of sp³-hybridized carbons (Fsp3) is 0.0909. The van der Waals surface area contributed by atoms with Gasteiger partial charge in [0.1, 0.15) is 5.76 Å². The molecule has 0 spiro atoms. The van der Waals surface area contributed by atoms with E-state index >= 15 is 0 Å². The number of carbonyl (C=O) groups is 1. The number of aliphatic hydroxyl groups is 1. The van der Waals surface area contributed by atoms with Crippen molar-refractivity contribution in [2.75, 3.05) is 0 Å². The number of halogens is 3. The van der Waals surface area contributed by atoms with Crippen LogP contribution in [0.15, 0.2) is 30.3 Å². The normalized spacial score (nSPS) is 12.0. The first-order valence-electron chi connectivity index (χ1n) is 4.37. The first-order valence-corrected chi connectivity index (χ1v) is 4.37. The van der Waals surface area contributed by atoms with Crippen molar-refractivity contribution < 1.29 is 23.1 Å². The van der Waals surface area contributed by atoms with Gasteiger partial charge in [0.05, 0.1) is 11.6 Å². The van der Waals surface area contributed by atoms with Gasteiger partial charge in [0.25, 0.3) is 5.78 Å². The minimum absolute atomic E-state index is 0.0293. The van der Waals surface area contributed by atoms with Gasteiger partial charge in [-0.15, -0.1) is 0 Å². The molecule has 0 unspecified atom stereocenters. The molecule has 3 nitrogen and oxygen atoms in total. The van der Waals surface area contributed by atoms with Gasteiger partial charge >= 0.3 is 6.18 Å². The highest BCUT2D eigenvalue weighted by atomic mass is 19.4. The zero-order valence-corrected chi connectivity index (χ0v) is 8.32. The number of hydrogen-bond acceptors (Lipinski definition) is 3. The lowest BCUT2D eigenvalue weighted by Gasteiger charge is -2.02. The van der Waals surface area contributed by atoms with Crippen molar-refractivity contribution in [2.24, 2.45) is 0 Å². The van der Waals surface area contributed by atoms with Crippen LogP contribution in [-0.4, -0.2) is 17.1 Å². The molecule has 0 aromatic heterocycles. The van der Waals surface area contributed by atoms with Gasteiger partial charge in [0.2, 0.25) is 0 Å². The number of nitriles is 1. The van der Waals surface area contributed by atoms with Crippen LogP contribution in [0, 0.1) is 11.3 Å². The molecule has 88 valence electrons. The molecule has 0 aliphatic rings. The summed E-state index contributed by atoms with van der Waals surface area (Å²) < 4.78 is 35.7. The van der Waals surface area contributed by atoms with Crippen molar-refractivity contribution in [2.45, 2.75) is 6.18 Å². The highest BCUT2D eigenvalue weighted by Gasteiger charge is 2.36. The lowest BCUT2D eigenvalue weighted by atomic mass is 10.1. The summed E-state index contributed by atoms with van der Waals surface area (Å²) in [6, 6.07) is 6.93. The second kappa shape index (κ2) is 4.70. The number of carbonyl (C=O) groups excluding carboxylic acids is 1. The summed E-state index contributed by atoms with van der Waals surface area (Å²) in [6.07, 6.45) is -4.91. The summed E-state index contributed by atoms with van der Waals surface area (Å²) in [6.45, 7) is 0. The summed E-state index contributed by atoms with van der Waals surface area (Å²) in [5.74, 6) is -2.93. The third-order valence-corrected chi connectivity index (χ3v) is 1.86. The zero-order chi connectivity index (χ0) is 13.1. The molecule has 0 radical (unpaired) electrons. The average Bonchev–Trinajstić information content (AvgIpc) is 2.27. The molecule has 0 amide bonds. The second-order valence-electron chi connectivity index (χ2n) is 3.08. The van der Waals surface area contributed by atoms with Crippen LogP contribution in [0.1, 0.15) is 11.1 Å². The van der Waals surface area contributed by atoms with Gasteiger partial charge in [-0.1, -0.05) is 0 Å². The average molecular weight is 241 g/mol. The summed E-state index contributed by atoms with van der Waals surface area (Å²) in [5, 5.41) is 17.8. The molecule has 0 heterocycles. The van der Waals surface area contributed by atoms with Crippen LogP contribution in [0.3, 0.4) is 0 Å². The van der Waals surface area contributed by atoms with Gasteiger partial charge in [-0.25, -0.2) is 0 Å². The van der Waals surface area contributed by atoms with Crippen LogP contribution < -0.4 is 0 Å². The second-order valence-corrected chi connectivity index (χ2v) is 3.08. The van der Waals surface area contributed by atoms with E-state index in [0.29, 0.717) is 5.56 Å². The smallest absolute Gasteiger partial charge is 0.454 e. The standard InChI is InChI=1S/C11H6F3NO2/c12-11(13,14)10(17)5-9(16)8-3-1-7(6-15)2-4-8/h1-5,16H. The van der Waals surface area contributed by atoms with Crippen molar-refractivity contribution in [3.63, 3.8) is 0 Å². The largest absolute Gasteiger partial charge is 0.507 e. The Kier molecular flexibility index (Phi) is 3.53. The van der Waals surface area contributed by atoms with Gasteiger partial charge in [0, 0.05) is 11.6 Å². The number of aliphatic hydroxyl groups excluding tert-OH is 1. The topological polar surface area (TPSA) is 61.1 Å². The third-order valence-electron chi connectivity index (χ3n) is 1.86. The molecule has 1 aromatic rings. The van der Waals surface area contributed by atoms with Gasteiger partial charge in [-0.05, 0) is 24.3 Å². The van der Waals surface area contributed by atoms with E-state index in [1.165, 1.54) is 24.3 Å². The van der Waals surface area contributed by atoms with E-state index in [-0.39, 0.29) is 11.6 Å². The van der Waals surface area contributed by atoms with Crippen LogP contribution in [0.25, 0.3) is 5.76 Å². The number of alkyl halides is 3. The van der Waals surface area contributed by atoms with Crippen LogP contribution in [-0.2, 0) is 4.79 Å². The van der Waals surface area contributed by atoms with Crippen molar-refractivity contribution >= 4 is 11.5 Å². The molecular formula is C11H6F3NO2. The lowest BCUT2D eigenvalue weighted by molar-refractivity contribution is -0.165. The Morgan fingerprint density at radius 2 is 1.82 bits per heavy atom. The molecule has 1 aromatic carbocycles. The zero-order valence-electron chi connectivity index (χ0n) is 8.32. The first-order chi connectivity index (χ1) is 7.84. The molecule has 0 saturated heterocycles. The van der Waals surface area contributed by atoms with Crippen molar-refractivity contribution in [3.8, 4) is 6.07 Å². The molecular weight excluding hydrogens is 235 g/mol. The Labute approximate surface area is 94.4 Å². The predicted octanol–water partition coefficient (Wildman–Crippen LogP) is 2.59. The van der Waals surface area contributed by atoms with E-state index in [0.717, 1.165) is 0 Å². The quantitative estimate of drug-likeness (QED) is 0.639. The van der Waals surface area contributed by atoms with Gasteiger partial charge < -0.3 is 5.11 Å². The number of allylic oxidation sites excluding steroid dienone is 1. The van der Waals surface area contributed by atoms with E-state index in [1.807, 2.05) is 6.07 Å². The number of benzene rings is 1. The van der Waals surface area contributed by atoms with E-state index in [4.69, 9.17) is 5.26 Å². The van der Waals surface area contributed by atoms with Gasteiger partial charge in [0.15, 0.2) is 0 Å². The maximum absolute atomic E-state index is 11.9. The Bertz CT molecular complexity index is 495. The van der Waals surface area contributed by atoms with Crippen molar-refractivity contribution in [1.82, 2.24) is 0 Å². The number of rotatable bonds is 2. The van der Waals surface area contributed by atoms with Gasteiger partial charge in [-0.2, -0.15) is 18.4 Å². The van der Waals surface area contributed by atoms with Crippen molar-refractivity contribution in [3.05, 3.63) is 41.5 Å². The Hall–Kier alpha value is -2.29. The molecule has 0 atom stereocenters. The molecule has 0 aliphatic carbocycles. The Morgan fingerprint density at radius 3 is 2.24 bits per heavy atom. The monoisotopic (exact) mass is 241 g/mol. The summed E-state index contributed by atoms with van der Waals surface area (Å²) in [4.78, 5) is 10.6. The van der Waals surface area contributed by atoms with Crippen LogP contribution in [0.2, 0.25) is 0 Å². The molecule has 6 heteroatoms. The van der Waals surface area contributed by atoms with Crippen molar-refractivity contribution in [1.29, 1.82) is 5.26 Å². The fourth-order valence-electron chi connectivity index (χ4n) is 1.00. The van der Waals surface area contributed by atoms with Gasteiger partial charge in [-0.3, -0.25) is 4.79 Å². The number of hydrogen-bond donors (Lipinski definition) is 1. The highest BCUT2D eigenvalue weighted by molar-refractivity contribution is 5.99. The molecule has 0 aliphatic heterocycles. The Balaban J connectivity index is 2.97. The maximum Gasteiger partial charge on any atom is 0.454 e. The summed E-state index contributed by atoms with van der Waals surface area (Å²) in [5.41, 5.74) is 0.324. The maximum atomic E-state index is 11.9. The molecule has 1 N–H and O–H groups in total.